The third-order valence-electron chi connectivity index (χ3n) is 4.42. The summed E-state index contributed by atoms with van der Waals surface area (Å²) in [5.41, 5.74) is 1.22. The largest absolute Gasteiger partial charge is 0.492 e. The van der Waals surface area contributed by atoms with Crippen LogP contribution >= 0.6 is 24.0 Å². The van der Waals surface area contributed by atoms with Crippen LogP contribution in [0.5, 0.6) is 5.75 Å². The van der Waals surface area contributed by atoms with E-state index in [-0.39, 0.29) is 30.0 Å². The minimum atomic E-state index is 0. The van der Waals surface area contributed by atoms with Gasteiger partial charge in [-0.1, -0.05) is 17.7 Å². The van der Waals surface area contributed by atoms with E-state index >= 15 is 0 Å². The smallest absolute Gasteiger partial charge is 0.191 e. The molecule has 1 aliphatic rings. The molecule has 8 nitrogen and oxygen atoms in total. The van der Waals surface area contributed by atoms with Crippen molar-refractivity contribution in [3.8, 4) is 5.75 Å². The van der Waals surface area contributed by atoms with E-state index in [0.29, 0.717) is 19.8 Å². The number of aliphatic imine (C=N–C) groups is 1. The van der Waals surface area contributed by atoms with Gasteiger partial charge in [-0.25, -0.2) is 9.67 Å². The minimum absolute atomic E-state index is 0. The molecule has 1 aliphatic heterocycles. The van der Waals surface area contributed by atoms with E-state index in [2.05, 4.69) is 32.6 Å². The van der Waals surface area contributed by atoms with Crippen LogP contribution in [-0.4, -0.2) is 54.1 Å². The average Bonchev–Trinajstić information content (AvgIpc) is 3.07. The standard InChI is InChI=1S/C19H28N6O2.HI/c1-14-4-7-16(8-5-14)27-11-10-21-19(20-2)22-15-6-9-18-23-17(13-26-3)24-25(18)12-15;/h4-5,7-8,15H,6,9-13H2,1-3H3,(H2,20,21,22);1H. The molecule has 3 rings (SSSR count). The van der Waals surface area contributed by atoms with Gasteiger partial charge in [-0.2, -0.15) is 5.10 Å². The third-order valence-corrected chi connectivity index (χ3v) is 4.42. The number of rotatable bonds is 7. The summed E-state index contributed by atoms with van der Waals surface area (Å²) in [4.78, 5) is 8.81. The zero-order chi connectivity index (χ0) is 19.1. The molecule has 9 heteroatoms. The number of aryl methyl sites for hydroxylation is 2. The zero-order valence-corrected chi connectivity index (χ0v) is 19.0. The number of hydrogen-bond acceptors (Lipinski definition) is 5. The molecule has 2 heterocycles. The fourth-order valence-electron chi connectivity index (χ4n) is 3.03. The summed E-state index contributed by atoms with van der Waals surface area (Å²) in [6, 6.07) is 8.32. The molecule has 1 atom stereocenters. The first-order valence-corrected chi connectivity index (χ1v) is 9.26. The van der Waals surface area contributed by atoms with Crippen molar-refractivity contribution in [1.29, 1.82) is 0 Å². The second kappa shape index (κ2) is 11.2. The van der Waals surface area contributed by atoms with Crippen LogP contribution in [-0.2, 0) is 24.3 Å². The topological polar surface area (TPSA) is 85.6 Å². The molecule has 1 aromatic heterocycles. The molecule has 28 heavy (non-hydrogen) atoms. The van der Waals surface area contributed by atoms with Crippen LogP contribution in [0.25, 0.3) is 0 Å². The number of methoxy groups -OCH3 is 1. The Kier molecular flexibility index (Phi) is 8.97. The molecule has 0 saturated heterocycles. The van der Waals surface area contributed by atoms with Crippen LogP contribution in [0.1, 0.15) is 23.6 Å². The van der Waals surface area contributed by atoms with Crippen molar-refractivity contribution in [3.63, 3.8) is 0 Å². The van der Waals surface area contributed by atoms with Gasteiger partial charge in [0.15, 0.2) is 11.8 Å². The number of hydrogen-bond donors (Lipinski definition) is 2. The fourth-order valence-corrected chi connectivity index (χ4v) is 3.03. The molecule has 2 N–H and O–H groups in total. The Hall–Kier alpha value is -1.88. The Morgan fingerprint density at radius 1 is 1.32 bits per heavy atom. The Labute approximate surface area is 183 Å². The van der Waals surface area contributed by atoms with Crippen LogP contribution in [0.2, 0.25) is 0 Å². The third kappa shape index (κ3) is 6.33. The highest BCUT2D eigenvalue weighted by atomic mass is 127. The lowest BCUT2D eigenvalue weighted by Gasteiger charge is -2.25. The number of aromatic nitrogens is 3. The number of nitrogens with zero attached hydrogens (tertiary/aromatic N) is 4. The lowest BCUT2D eigenvalue weighted by molar-refractivity contribution is 0.177. The maximum atomic E-state index is 5.74. The second-order valence-corrected chi connectivity index (χ2v) is 6.60. The van der Waals surface area contributed by atoms with E-state index < -0.39 is 0 Å². The Balaban J connectivity index is 0.00000280. The Bertz CT molecular complexity index is 762. The summed E-state index contributed by atoms with van der Waals surface area (Å²) in [5, 5.41) is 11.3. The van der Waals surface area contributed by atoms with Gasteiger partial charge in [-0.05, 0) is 25.5 Å². The van der Waals surface area contributed by atoms with Gasteiger partial charge in [0.2, 0.25) is 0 Å². The zero-order valence-electron chi connectivity index (χ0n) is 16.6. The highest BCUT2D eigenvalue weighted by Gasteiger charge is 2.22. The Morgan fingerprint density at radius 3 is 2.82 bits per heavy atom. The molecule has 1 unspecified atom stereocenters. The summed E-state index contributed by atoms with van der Waals surface area (Å²) in [7, 11) is 3.43. The van der Waals surface area contributed by atoms with Crippen molar-refractivity contribution < 1.29 is 9.47 Å². The molecular weight excluding hydrogens is 471 g/mol. The summed E-state index contributed by atoms with van der Waals surface area (Å²) < 4.78 is 12.8. The molecule has 0 aliphatic carbocycles. The summed E-state index contributed by atoms with van der Waals surface area (Å²) >= 11 is 0. The van der Waals surface area contributed by atoms with Crippen molar-refractivity contribution >= 4 is 29.9 Å². The van der Waals surface area contributed by atoms with Gasteiger partial charge >= 0.3 is 0 Å². The van der Waals surface area contributed by atoms with Gasteiger partial charge in [0.05, 0.1) is 13.1 Å². The highest BCUT2D eigenvalue weighted by molar-refractivity contribution is 14.0. The molecule has 0 saturated carbocycles. The molecule has 0 fully saturated rings. The van der Waals surface area contributed by atoms with E-state index in [1.807, 2.05) is 28.9 Å². The van der Waals surface area contributed by atoms with E-state index in [0.717, 1.165) is 42.7 Å². The predicted octanol–water partition coefficient (Wildman–Crippen LogP) is 1.91. The van der Waals surface area contributed by atoms with Crippen LogP contribution in [0.4, 0.5) is 0 Å². The monoisotopic (exact) mass is 500 g/mol. The average molecular weight is 500 g/mol. The van der Waals surface area contributed by atoms with Crippen molar-refractivity contribution in [2.75, 3.05) is 27.3 Å². The van der Waals surface area contributed by atoms with Crippen LogP contribution in [0.15, 0.2) is 29.3 Å². The maximum absolute atomic E-state index is 5.74. The quantitative estimate of drug-likeness (QED) is 0.262. The van der Waals surface area contributed by atoms with E-state index in [1.54, 1.807) is 14.2 Å². The molecular formula is C19H29IN6O2. The summed E-state index contributed by atoms with van der Waals surface area (Å²) in [6.07, 6.45) is 1.88. The first-order valence-electron chi connectivity index (χ1n) is 9.26. The molecule has 2 aromatic rings. The van der Waals surface area contributed by atoms with Gasteiger partial charge < -0.3 is 20.1 Å². The molecule has 1 aromatic carbocycles. The van der Waals surface area contributed by atoms with Gasteiger partial charge in [0.25, 0.3) is 0 Å². The van der Waals surface area contributed by atoms with Crippen molar-refractivity contribution in [2.24, 2.45) is 4.99 Å². The van der Waals surface area contributed by atoms with Crippen molar-refractivity contribution in [1.82, 2.24) is 25.4 Å². The number of fused-ring (bicyclic) bond motifs is 1. The summed E-state index contributed by atoms with van der Waals surface area (Å²) in [6.45, 7) is 4.52. The van der Waals surface area contributed by atoms with Crippen LogP contribution in [0, 0.1) is 6.92 Å². The fraction of sp³-hybridized carbons (Fsp3) is 0.526. The first-order chi connectivity index (χ1) is 13.2. The molecule has 154 valence electrons. The minimum Gasteiger partial charge on any atom is -0.492 e. The summed E-state index contributed by atoms with van der Waals surface area (Å²) in [5.74, 6) is 3.41. The second-order valence-electron chi connectivity index (χ2n) is 6.60. The molecule has 0 radical (unpaired) electrons. The number of halogens is 1. The predicted molar refractivity (Wildman–Crippen MR) is 119 cm³/mol. The molecule has 0 spiro atoms. The Morgan fingerprint density at radius 2 is 2.11 bits per heavy atom. The van der Waals surface area contributed by atoms with Crippen molar-refractivity contribution in [3.05, 3.63) is 41.5 Å². The lowest BCUT2D eigenvalue weighted by atomic mass is 10.1. The number of benzene rings is 1. The normalized spacial score (nSPS) is 16.1. The number of nitrogens with one attached hydrogen (secondary N) is 2. The molecule has 0 bridgehead atoms. The number of guanidine groups is 1. The van der Waals surface area contributed by atoms with Crippen LogP contribution < -0.4 is 15.4 Å². The maximum Gasteiger partial charge on any atom is 0.191 e. The van der Waals surface area contributed by atoms with Gasteiger partial charge in [-0.3, -0.25) is 4.99 Å². The van der Waals surface area contributed by atoms with E-state index in [9.17, 15) is 0 Å². The molecule has 0 amide bonds. The first kappa shape index (κ1) is 22.4. The van der Waals surface area contributed by atoms with Crippen LogP contribution in [0.3, 0.4) is 0 Å². The number of ether oxygens (including phenoxy) is 2. The highest BCUT2D eigenvalue weighted by Crippen LogP contribution is 2.13. The van der Waals surface area contributed by atoms with E-state index in [1.165, 1.54) is 5.56 Å². The lowest BCUT2D eigenvalue weighted by Crippen LogP contribution is -2.47. The van der Waals surface area contributed by atoms with E-state index in [4.69, 9.17) is 9.47 Å². The van der Waals surface area contributed by atoms with Gasteiger partial charge in [0, 0.05) is 26.6 Å². The van der Waals surface area contributed by atoms with Gasteiger partial charge in [-0.15, -0.1) is 24.0 Å². The van der Waals surface area contributed by atoms with Gasteiger partial charge in [0.1, 0.15) is 24.8 Å². The van der Waals surface area contributed by atoms with Crippen molar-refractivity contribution in [2.45, 2.75) is 39.0 Å². The SMILES string of the molecule is CN=C(NCCOc1ccc(C)cc1)NC1CCc2nc(COC)nn2C1.I.